The Hall–Kier alpha value is -4.58. The van der Waals surface area contributed by atoms with E-state index in [-0.39, 0.29) is 12.5 Å². The average Bonchev–Trinajstić information content (AvgIpc) is 3.29. The maximum absolute atomic E-state index is 14.0. The van der Waals surface area contributed by atoms with Gasteiger partial charge in [0.2, 0.25) is 0 Å². The van der Waals surface area contributed by atoms with Crippen LogP contribution in [-0.2, 0) is 14.3 Å². The molecule has 2 atom stereocenters. The van der Waals surface area contributed by atoms with Gasteiger partial charge in [0.25, 0.3) is 0 Å². The summed E-state index contributed by atoms with van der Waals surface area (Å²) in [4.78, 5) is 26.8. The Morgan fingerprint density at radius 2 is 1.05 bits per heavy atom. The van der Waals surface area contributed by atoms with Crippen molar-refractivity contribution in [3.8, 4) is 22.6 Å². The number of rotatable bonds is 8. The van der Waals surface area contributed by atoms with Crippen LogP contribution in [0.4, 0.5) is 0 Å². The van der Waals surface area contributed by atoms with E-state index >= 15 is 0 Å². The normalized spacial score (nSPS) is 21.1. The van der Waals surface area contributed by atoms with E-state index in [9.17, 15) is 14.7 Å². The quantitative estimate of drug-likeness (QED) is 0.269. The Labute approximate surface area is 233 Å². The third kappa shape index (κ3) is 4.11. The van der Waals surface area contributed by atoms with E-state index in [4.69, 9.17) is 14.2 Å². The first kappa shape index (κ1) is 25.7. The van der Waals surface area contributed by atoms with Crippen molar-refractivity contribution in [3.05, 3.63) is 119 Å². The van der Waals surface area contributed by atoms with E-state index in [1.54, 1.807) is 26.4 Å². The van der Waals surface area contributed by atoms with Gasteiger partial charge in [-0.15, -0.1) is 0 Å². The largest absolute Gasteiger partial charge is 0.496 e. The third-order valence-corrected chi connectivity index (χ3v) is 8.46. The minimum absolute atomic E-state index is 0.0962. The highest BCUT2D eigenvalue weighted by Crippen LogP contribution is 2.60. The molecule has 0 amide bonds. The lowest BCUT2D eigenvalue weighted by molar-refractivity contribution is -0.164. The smallest absolute Gasteiger partial charge is 0.310 e. The second-order valence-corrected chi connectivity index (χ2v) is 10.3. The van der Waals surface area contributed by atoms with Crippen LogP contribution in [0, 0.1) is 11.8 Å². The standard InChI is InChI=1S/C34H30O6/c1-38-27-17-9-7-15-24(27)29-31(33(35)36)30(25-16-8-10-18-28(25)39-2)32(29)34(37)40-19-26-22-13-5-3-11-20(22)21-12-4-6-14-23(21)26/h3-18,26,29-32H,19H2,1-2H3,(H,35,36). The highest BCUT2D eigenvalue weighted by atomic mass is 16.5. The van der Waals surface area contributed by atoms with E-state index in [1.807, 2.05) is 60.7 Å². The van der Waals surface area contributed by atoms with E-state index in [0.717, 1.165) is 22.3 Å². The number of carbonyl (C=O) groups is 2. The molecule has 2 aliphatic rings. The lowest BCUT2D eigenvalue weighted by Gasteiger charge is -2.49. The van der Waals surface area contributed by atoms with Crippen LogP contribution in [0.1, 0.15) is 40.0 Å². The second kappa shape index (κ2) is 10.5. The van der Waals surface area contributed by atoms with Crippen LogP contribution >= 0.6 is 0 Å². The molecule has 0 aliphatic heterocycles. The molecule has 0 radical (unpaired) electrons. The summed E-state index contributed by atoms with van der Waals surface area (Å²) in [6, 6.07) is 30.9. The Kier molecular flexibility index (Phi) is 6.76. The van der Waals surface area contributed by atoms with Gasteiger partial charge in [-0.3, -0.25) is 9.59 Å². The van der Waals surface area contributed by atoms with Crippen molar-refractivity contribution in [1.82, 2.24) is 0 Å². The summed E-state index contributed by atoms with van der Waals surface area (Å²) in [5.74, 6) is -3.25. The van der Waals surface area contributed by atoms with Crippen molar-refractivity contribution in [1.29, 1.82) is 0 Å². The van der Waals surface area contributed by atoms with Gasteiger partial charge in [0.15, 0.2) is 0 Å². The van der Waals surface area contributed by atoms with Gasteiger partial charge < -0.3 is 19.3 Å². The van der Waals surface area contributed by atoms with Gasteiger partial charge in [-0.05, 0) is 45.5 Å². The van der Waals surface area contributed by atoms with Crippen molar-refractivity contribution in [2.24, 2.45) is 11.8 Å². The summed E-state index contributed by atoms with van der Waals surface area (Å²) in [5, 5.41) is 10.4. The Morgan fingerprint density at radius 1 is 0.625 bits per heavy atom. The predicted octanol–water partition coefficient (Wildman–Crippen LogP) is 6.26. The van der Waals surface area contributed by atoms with Crippen molar-refractivity contribution < 1.29 is 28.9 Å². The fourth-order valence-corrected chi connectivity index (χ4v) is 6.71. The highest BCUT2D eigenvalue weighted by Gasteiger charge is 2.60. The molecule has 4 aromatic carbocycles. The minimum Gasteiger partial charge on any atom is -0.496 e. The predicted molar refractivity (Wildman–Crippen MR) is 151 cm³/mol. The second-order valence-electron chi connectivity index (χ2n) is 10.3. The van der Waals surface area contributed by atoms with Gasteiger partial charge in [0.1, 0.15) is 18.1 Å². The van der Waals surface area contributed by atoms with E-state index in [0.29, 0.717) is 22.6 Å². The molecule has 202 valence electrons. The number of hydrogen-bond donors (Lipinski definition) is 1. The van der Waals surface area contributed by atoms with Crippen LogP contribution in [0.3, 0.4) is 0 Å². The number of ether oxygens (including phenoxy) is 3. The number of hydrogen-bond acceptors (Lipinski definition) is 5. The number of carboxylic acids is 1. The summed E-state index contributed by atoms with van der Waals surface area (Å²) in [7, 11) is 3.10. The lowest BCUT2D eigenvalue weighted by atomic mass is 9.52. The summed E-state index contributed by atoms with van der Waals surface area (Å²) in [6.07, 6.45) is 0. The average molecular weight is 535 g/mol. The first-order chi connectivity index (χ1) is 19.5. The number of para-hydroxylation sites is 2. The van der Waals surface area contributed by atoms with Crippen LogP contribution in [0.2, 0.25) is 0 Å². The summed E-state index contributed by atoms with van der Waals surface area (Å²) in [5.41, 5.74) is 5.90. The van der Waals surface area contributed by atoms with Gasteiger partial charge in [-0.25, -0.2) is 0 Å². The SMILES string of the molecule is COc1ccccc1C1C(C(=O)O)C(c2ccccc2OC)C1C(=O)OCC1c2ccccc2-c2ccccc21. The number of carbonyl (C=O) groups excluding carboxylic acids is 1. The Morgan fingerprint density at radius 3 is 1.50 bits per heavy atom. The topological polar surface area (TPSA) is 82.1 Å². The molecule has 0 saturated heterocycles. The molecule has 6 heteroatoms. The molecule has 2 unspecified atom stereocenters. The minimum atomic E-state index is -0.977. The molecular formula is C34H30O6. The molecule has 0 heterocycles. The van der Waals surface area contributed by atoms with Gasteiger partial charge in [0.05, 0.1) is 26.1 Å². The first-order valence-electron chi connectivity index (χ1n) is 13.4. The number of aliphatic carboxylic acids is 1. The molecule has 6 rings (SSSR count). The molecule has 1 fully saturated rings. The van der Waals surface area contributed by atoms with Gasteiger partial charge in [-0.2, -0.15) is 0 Å². The maximum atomic E-state index is 14.0. The first-order valence-corrected chi connectivity index (χ1v) is 13.4. The molecule has 1 saturated carbocycles. The van der Waals surface area contributed by atoms with Crippen molar-refractivity contribution in [2.75, 3.05) is 20.8 Å². The number of benzene rings is 4. The summed E-state index contributed by atoms with van der Waals surface area (Å²) < 4.78 is 17.3. The molecule has 0 aromatic heterocycles. The molecule has 40 heavy (non-hydrogen) atoms. The van der Waals surface area contributed by atoms with Crippen molar-refractivity contribution >= 4 is 11.9 Å². The van der Waals surface area contributed by atoms with E-state index < -0.39 is 35.6 Å². The third-order valence-electron chi connectivity index (χ3n) is 8.46. The highest BCUT2D eigenvalue weighted by molar-refractivity contribution is 5.85. The summed E-state index contributed by atoms with van der Waals surface area (Å²) >= 11 is 0. The zero-order valence-electron chi connectivity index (χ0n) is 22.3. The van der Waals surface area contributed by atoms with Crippen LogP contribution in [-0.4, -0.2) is 37.9 Å². The number of methoxy groups -OCH3 is 2. The molecule has 1 N–H and O–H groups in total. The lowest BCUT2D eigenvalue weighted by Crippen LogP contribution is -2.51. The van der Waals surface area contributed by atoms with Gasteiger partial charge in [0, 0.05) is 17.8 Å². The molecule has 0 bridgehead atoms. The van der Waals surface area contributed by atoms with E-state index in [2.05, 4.69) is 24.3 Å². The van der Waals surface area contributed by atoms with Crippen LogP contribution in [0.5, 0.6) is 11.5 Å². The number of carboxylic acid groups (broad SMARTS) is 1. The zero-order chi connectivity index (χ0) is 27.8. The number of fused-ring (bicyclic) bond motifs is 3. The molecular weight excluding hydrogens is 504 g/mol. The Balaban J connectivity index is 1.37. The molecule has 2 aliphatic carbocycles. The van der Waals surface area contributed by atoms with Crippen molar-refractivity contribution in [3.63, 3.8) is 0 Å². The van der Waals surface area contributed by atoms with Crippen LogP contribution in [0.25, 0.3) is 11.1 Å². The molecule has 4 aromatic rings. The Bertz CT molecular complexity index is 1480. The van der Waals surface area contributed by atoms with Crippen LogP contribution < -0.4 is 9.47 Å². The van der Waals surface area contributed by atoms with Crippen LogP contribution in [0.15, 0.2) is 97.1 Å². The van der Waals surface area contributed by atoms with E-state index in [1.165, 1.54) is 0 Å². The van der Waals surface area contributed by atoms with Gasteiger partial charge in [-0.1, -0.05) is 84.9 Å². The summed E-state index contributed by atoms with van der Waals surface area (Å²) in [6.45, 7) is 0.165. The monoisotopic (exact) mass is 534 g/mol. The maximum Gasteiger partial charge on any atom is 0.310 e. The number of esters is 1. The van der Waals surface area contributed by atoms with Gasteiger partial charge >= 0.3 is 11.9 Å². The fourth-order valence-electron chi connectivity index (χ4n) is 6.71. The zero-order valence-corrected chi connectivity index (χ0v) is 22.3. The molecule has 6 nitrogen and oxygen atoms in total. The van der Waals surface area contributed by atoms with Crippen molar-refractivity contribution in [2.45, 2.75) is 17.8 Å². The molecule has 0 spiro atoms. The fraction of sp³-hybridized carbons (Fsp3) is 0.235.